The average molecular weight is 347 g/mol. The van der Waals surface area contributed by atoms with Gasteiger partial charge < -0.3 is 15.0 Å². The number of hydrogen-bond acceptors (Lipinski definition) is 6. The SMILES string of the molecule is Cc1nccc(N[C@@H]2CN(C(=O)CN3CCOCC3)C[C@H]2C(C)C)n1. The Bertz CT molecular complexity index is 589. The van der Waals surface area contributed by atoms with Gasteiger partial charge in [-0.05, 0) is 18.9 Å². The molecule has 2 saturated heterocycles. The summed E-state index contributed by atoms with van der Waals surface area (Å²) in [5.41, 5.74) is 0. The van der Waals surface area contributed by atoms with Gasteiger partial charge in [-0.15, -0.1) is 0 Å². The summed E-state index contributed by atoms with van der Waals surface area (Å²) in [5.74, 6) is 2.73. The monoisotopic (exact) mass is 347 g/mol. The van der Waals surface area contributed by atoms with Crippen molar-refractivity contribution in [3.8, 4) is 0 Å². The lowest BCUT2D eigenvalue weighted by Gasteiger charge is -2.28. The van der Waals surface area contributed by atoms with Crippen molar-refractivity contribution in [1.82, 2.24) is 19.8 Å². The fourth-order valence-corrected chi connectivity index (χ4v) is 3.64. The molecule has 0 unspecified atom stereocenters. The molecule has 3 rings (SSSR count). The van der Waals surface area contributed by atoms with E-state index in [-0.39, 0.29) is 11.9 Å². The average Bonchev–Trinajstić information content (AvgIpc) is 3.00. The molecule has 1 aromatic heterocycles. The molecule has 2 fully saturated rings. The van der Waals surface area contributed by atoms with Gasteiger partial charge in [-0.1, -0.05) is 13.8 Å². The van der Waals surface area contributed by atoms with Gasteiger partial charge in [0.2, 0.25) is 5.91 Å². The van der Waals surface area contributed by atoms with Crippen molar-refractivity contribution in [2.24, 2.45) is 11.8 Å². The maximum Gasteiger partial charge on any atom is 0.236 e. The third-order valence-electron chi connectivity index (χ3n) is 5.15. The third kappa shape index (κ3) is 4.67. The van der Waals surface area contributed by atoms with E-state index in [0.717, 1.165) is 51.0 Å². The van der Waals surface area contributed by atoms with Crippen LogP contribution in [0, 0.1) is 18.8 Å². The number of morpholine rings is 1. The summed E-state index contributed by atoms with van der Waals surface area (Å²) in [5, 5.41) is 3.52. The maximum absolute atomic E-state index is 12.7. The highest BCUT2D eigenvalue weighted by atomic mass is 16.5. The van der Waals surface area contributed by atoms with Gasteiger partial charge in [0, 0.05) is 44.3 Å². The number of anilines is 1. The Kier molecular flexibility index (Phi) is 5.86. The molecule has 25 heavy (non-hydrogen) atoms. The number of nitrogens with one attached hydrogen (secondary N) is 1. The molecule has 0 aromatic carbocycles. The van der Waals surface area contributed by atoms with Gasteiger partial charge in [0.25, 0.3) is 0 Å². The minimum atomic E-state index is 0.218. The highest BCUT2D eigenvalue weighted by Crippen LogP contribution is 2.27. The number of aromatic nitrogens is 2. The number of carbonyl (C=O) groups excluding carboxylic acids is 1. The standard InChI is InChI=1S/C18H29N5O2/c1-13(2)15-10-23(18(24)12-22-6-8-25-9-7-22)11-16(15)21-17-4-5-19-14(3)20-17/h4-5,13,15-16H,6-12H2,1-3H3,(H,19,20,21)/t15-,16+/m0/s1. The molecule has 2 aliphatic rings. The number of nitrogens with zero attached hydrogens (tertiary/aromatic N) is 4. The fraction of sp³-hybridized carbons (Fsp3) is 0.722. The zero-order valence-corrected chi connectivity index (χ0v) is 15.4. The highest BCUT2D eigenvalue weighted by molar-refractivity contribution is 5.78. The zero-order chi connectivity index (χ0) is 17.8. The lowest BCUT2D eigenvalue weighted by atomic mass is 9.91. The second-order valence-corrected chi connectivity index (χ2v) is 7.34. The molecule has 2 aliphatic heterocycles. The highest BCUT2D eigenvalue weighted by Gasteiger charge is 2.37. The summed E-state index contributed by atoms with van der Waals surface area (Å²) < 4.78 is 5.36. The van der Waals surface area contributed by atoms with Crippen LogP contribution in [-0.4, -0.2) is 77.7 Å². The van der Waals surface area contributed by atoms with Crippen molar-refractivity contribution >= 4 is 11.7 Å². The topological polar surface area (TPSA) is 70.6 Å². The predicted molar refractivity (Wildman–Crippen MR) is 96.3 cm³/mol. The first-order valence-electron chi connectivity index (χ1n) is 9.17. The van der Waals surface area contributed by atoms with E-state index in [1.807, 2.05) is 17.9 Å². The second-order valence-electron chi connectivity index (χ2n) is 7.34. The van der Waals surface area contributed by atoms with Crippen LogP contribution < -0.4 is 5.32 Å². The van der Waals surface area contributed by atoms with E-state index in [1.54, 1.807) is 6.20 Å². The first-order chi connectivity index (χ1) is 12.0. The molecule has 1 aromatic rings. The summed E-state index contributed by atoms with van der Waals surface area (Å²) in [6, 6.07) is 2.12. The molecular formula is C18H29N5O2. The minimum Gasteiger partial charge on any atom is -0.379 e. The molecule has 7 heteroatoms. The number of hydrogen-bond donors (Lipinski definition) is 1. The second kappa shape index (κ2) is 8.10. The lowest BCUT2D eigenvalue weighted by Crippen LogP contribution is -2.44. The van der Waals surface area contributed by atoms with Crippen LogP contribution >= 0.6 is 0 Å². The van der Waals surface area contributed by atoms with Crippen molar-refractivity contribution < 1.29 is 9.53 Å². The Morgan fingerprint density at radius 2 is 2.12 bits per heavy atom. The van der Waals surface area contributed by atoms with Gasteiger partial charge >= 0.3 is 0 Å². The summed E-state index contributed by atoms with van der Waals surface area (Å²) in [6.45, 7) is 11.5. The zero-order valence-electron chi connectivity index (χ0n) is 15.4. The molecule has 3 heterocycles. The van der Waals surface area contributed by atoms with Gasteiger partial charge in [-0.25, -0.2) is 9.97 Å². The molecule has 138 valence electrons. The van der Waals surface area contributed by atoms with Crippen molar-refractivity contribution in [3.05, 3.63) is 18.1 Å². The minimum absolute atomic E-state index is 0.218. The molecule has 0 radical (unpaired) electrons. The molecule has 7 nitrogen and oxygen atoms in total. The van der Waals surface area contributed by atoms with Crippen LogP contribution in [0.3, 0.4) is 0 Å². The van der Waals surface area contributed by atoms with Gasteiger partial charge in [0.1, 0.15) is 11.6 Å². The van der Waals surface area contributed by atoms with E-state index in [2.05, 4.69) is 34.0 Å². The number of likely N-dealkylation sites (tertiary alicyclic amines) is 1. The molecule has 1 amide bonds. The molecule has 0 aliphatic carbocycles. The van der Waals surface area contributed by atoms with Crippen LogP contribution in [-0.2, 0) is 9.53 Å². The summed E-state index contributed by atoms with van der Waals surface area (Å²) in [4.78, 5) is 25.5. The maximum atomic E-state index is 12.7. The summed E-state index contributed by atoms with van der Waals surface area (Å²) in [7, 11) is 0. The van der Waals surface area contributed by atoms with E-state index < -0.39 is 0 Å². The van der Waals surface area contributed by atoms with Crippen molar-refractivity contribution in [2.75, 3.05) is 51.3 Å². The van der Waals surface area contributed by atoms with Crippen LogP contribution in [0.1, 0.15) is 19.7 Å². The Labute approximate surface area is 149 Å². The molecule has 1 N–H and O–H groups in total. The number of carbonyl (C=O) groups is 1. The Balaban J connectivity index is 1.62. The number of aryl methyl sites for hydroxylation is 1. The third-order valence-corrected chi connectivity index (χ3v) is 5.15. The van der Waals surface area contributed by atoms with Gasteiger partial charge in [-0.3, -0.25) is 9.69 Å². The molecule has 0 spiro atoms. The largest absolute Gasteiger partial charge is 0.379 e. The van der Waals surface area contributed by atoms with Crippen molar-refractivity contribution in [3.63, 3.8) is 0 Å². The first kappa shape index (κ1) is 18.1. The molecular weight excluding hydrogens is 318 g/mol. The smallest absolute Gasteiger partial charge is 0.236 e. The molecule has 2 atom stereocenters. The summed E-state index contributed by atoms with van der Waals surface area (Å²) >= 11 is 0. The quantitative estimate of drug-likeness (QED) is 0.857. The van der Waals surface area contributed by atoms with Crippen molar-refractivity contribution in [2.45, 2.75) is 26.8 Å². The van der Waals surface area contributed by atoms with Crippen LogP contribution in [0.2, 0.25) is 0 Å². The Hall–Kier alpha value is -1.73. The van der Waals surface area contributed by atoms with Crippen LogP contribution in [0.25, 0.3) is 0 Å². The Morgan fingerprint density at radius 1 is 1.36 bits per heavy atom. The van der Waals surface area contributed by atoms with E-state index in [1.165, 1.54) is 0 Å². The van der Waals surface area contributed by atoms with E-state index in [9.17, 15) is 4.79 Å². The molecule has 0 bridgehead atoms. The Morgan fingerprint density at radius 3 is 2.80 bits per heavy atom. The number of rotatable bonds is 5. The van der Waals surface area contributed by atoms with E-state index in [0.29, 0.717) is 18.4 Å². The predicted octanol–water partition coefficient (Wildman–Crippen LogP) is 1.01. The number of amides is 1. The number of ether oxygens (including phenoxy) is 1. The van der Waals surface area contributed by atoms with E-state index >= 15 is 0 Å². The summed E-state index contributed by atoms with van der Waals surface area (Å²) in [6.07, 6.45) is 1.77. The fourth-order valence-electron chi connectivity index (χ4n) is 3.64. The van der Waals surface area contributed by atoms with Crippen molar-refractivity contribution in [1.29, 1.82) is 0 Å². The van der Waals surface area contributed by atoms with Gasteiger partial charge in [0.05, 0.1) is 19.8 Å². The lowest BCUT2D eigenvalue weighted by molar-refractivity contribution is -0.132. The normalized spacial score (nSPS) is 24.7. The molecule has 0 saturated carbocycles. The van der Waals surface area contributed by atoms with Gasteiger partial charge in [-0.2, -0.15) is 0 Å². The van der Waals surface area contributed by atoms with Crippen LogP contribution in [0.5, 0.6) is 0 Å². The first-order valence-corrected chi connectivity index (χ1v) is 9.17. The van der Waals surface area contributed by atoms with Gasteiger partial charge in [0.15, 0.2) is 0 Å². The van der Waals surface area contributed by atoms with Crippen LogP contribution in [0.15, 0.2) is 12.3 Å². The van der Waals surface area contributed by atoms with Crippen LogP contribution in [0.4, 0.5) is 5.82 Å². The van der Waals surface area contributed by atoms with E-state index in [4.69, 9.17) is 4.74 Å².